The normalized spacial score (nSPS) is 39.3. The molecule has 2 N–H and O–H groups in total. The van der Waals surface area contributed by atoms with Crippen molar-refractivity contribution in [3.8, 4) is 0 Å². The number of aliphatic hydroxyl groups is 2. The van der Waals surface area contributed by atoms with Crippen molar-refractivity contribution in [2.24, 2.45) is 17.3 Å². The molecule has 1 heterocycles. The van der Waals surface area contributed by atoms with Crippen LogP contribution in [0, 0.1) is 17.3 Å². The smallest absolute Gasteiger partial charge is 0.334 e. The molecule has 3 aliphatic rings. The standard InChI is InChI=1S/C22H24O5/c1-12-9-10-15-13(2)20(25)27-19(15)21(3)18(24)16(11-22(12,21)26)17(23)14-7-5-4-6-8-14/h4-8,11-12,15,17,19,23,26H,2,9-10H2,1,3H3/t12-,15-,17?,19+,21-,22+/m0/s1. The van der Waals surface area contributed by atoms with Crippen LogP contribution in [0.4, 0.5) is 0 Å². The van der Waals surface area contributed by atoms with Crippen LogP contribution in [0.15, 0.2) is 54.1 Å². The zero-order valence-electron chi connectivity index (χ0n) is 15.5. The van der Waals surface area contributed by atoms with Gasteiger partial charge in [0.15, 0.2) is 5.78 Å². The van der Waals surface area contributed by atoms with Crippen LogP contribution in [-0.4, -0.2) is 33.7 Å². The maximum Gasteiger partial charge on any atom is 0.334 e. The van der Waals surface area contributed by atoms with Gasteiger partial charge in [-0.15, -0.1) is 0 Å². The lowest BCUT2D eigenvalue weighted by Crippen LogP contribution is -2.57. The molecular weight excluding hydrogens is 344 g/mol. The van der Waals surface area contributed by atoms with Crippen molar-refractivity contribution in [1.29, 1.82) is 0 Å². The highest BCUT2D eigenvalue weighted by Crippen LogP contribution is 2.58. The summed E-state index contributed by atoms with van der Waals surface area (Å²) < 4.78 is 5.56. The zero-order chi connectivity index (χ0) is 19.6. The van der Waals surface area contributed by atoms with Crippen LogP contribution < -0.4 is 0 Å². The number of benzene rings is 1. The molecule has 0 radical (unpaired) electrons. The van der Waals surface area contributed by atoms with Crippen LogP contribution in [0.3, 0.4) is 0 Å². The number of hydrogen-bond donors (Lipinski definition) is 2. The maximum absolute atomic E-state index is 13.5. The number of rotatable bonds is 2. The van der Waals surface area contributed by atoms with Crippen LogP contribution in [0.1, 0.15) is 38.4 Å². The zero-order valence-corrected chi connectivity index (χ0v) is 15.5. The molecule has 5 heteroatoms. The van der Waals surface area contributed by atoms with Gasteiger partial charge in [-0.25, -0.2) is 4.79 Å². The predicted molar refractivity (Wildman–Crippen MR) is 98.5 cm³/mol. The van der Waals surface area contributed by atoms with E-state index in [1.165, 1.54) is 6.08 Å². The van der Waals surface area contributed by atoms with E-state index in [1.807, 2.05) is 13.0 Å². The van der Waals surface area contributed by atoms with Crippen LogP contribution >= 0.6 is 0 Å². The average Bonchev–Trinajstić information content (AvgIpc) is 3.04. The quantitative estimate of drug-likeness (QED) is 0.619. The van der Waals surface area contributed by atoms with Gasteiger partial charge in [-0.1, -0.05) is 43.8 Å². The van der Waals surface area contributed by atoms with Gasteiger partial charge >= 0.3 is 5.97 Å². The minimum Gasteiger partial charge on any atom is -0.457 e. The van der Waals surface area contributed by atoms with Gasteiger partial charge in [0.25, 0.3) is 0 Å². The van der Waals surface area contributed by atoms with E-state index in [2.05, 4.69) is 6.58 Å². The van der Waals surface area contributed by atoms with Gasteiger partial charge in [0.2, 0.25) is 0 Å². The topological polar surface area (TPSA) is 83.8 Å². The monoisotopic (exact) mass is 368 g/mol. The number of carbonyl (C=O) groups excluding carboxylic acids is 2. The Balaban J connectivity index is 1.82. The van der Waals surface area contributed by atoms with E-state index in [4.69, 9.17) is 4.74 Å². The van der Waals surface area contributed by atoms with Gasteiger partial charge in [-0.2, -0.15) is 0 Å². The maximum atomic E-state index is 13.5. The van der Waals surface area contributed by atoms with Crippen molar-refractivity contribution < 1.29 is 24.5 Å². The molecule has 1 aliphatic heterocycles. The first kappa shape index (κ1) is 18.1. The number of esters is 1. The van der Waals surface area contributed by atoms with Gasteiger partial charge in [0.05, 0.1) is 0 Å². The molecule has 4 rings (SSSR count). The molecule has 1 saturated heterocycles. The summed E-state index contributed by atoms with van der Waals surface area (Å²) in [6, 6.07) is 8.88. The molecule has 0 bridgehead atoms. The van der Waals surface area contributed by atoms with Gasteiger partial charge in [0.1, 0.15) is 23.2 Å². The number of carbonyl (C=O) groups is 2. The molecule has 27 heavy (non-hydrogen) atoms. The molecule has 1 aromatic carbocycles. The number of ether oxygens (including phenoxy) is 1. The van der Waals surface area contributed by atoms with Crippen LogP contribution in [-0.2, 0) is 14.3 Å². The molecule has 1 saturated carbocycles. The summed E-state index contributed by atoms with van der Waals surface area (Å²) in [4.78, 5) is 25.7. The second kappa shape index (κ2) is 5.88. The molecule has 1 aromatic rings. The molecular formula is C22H24O5. The second-order valence-corrected chi connectivity index (χ2v) is 8.21. The van der Waals surface area contributed by atoms with Crippen molar-refractivity contribution in [1.82, 2.24) is 0 Å². The number of hydrogen-bond acceptors (Lipinski definition) is 5. The van der Waals surface area contributed by atoms with Crippen molar-refractivity contribution in [3.63, 3.8) is 0 Å². The third kappa shape index (κ3) is 2.25. The number of ketones is 1. The van der Waals surface area contributed by atoms with E-state index in [0.717, 1.165) is 0 Å². The Morgan fingerprint density at radius 2 is 1.89 bits per heavy atom. The molecule has 0 aromatic heterocycles. The fourth-order valence-electron chi connectivity index (χ4n) is 5.07. The number of Topliss-reactive ketones (excluding diaryl/α,β-unsaturated/α-hetero) is 1. The molecule has 142 valence electrons. The summed E-state index contributed by atoms with van der Waals surface area (Å²) in [6.45, 7) is 7.40. The minimum atomic E-state index is -1.50. The largest absolute Gasteiger partial charge is 0.457 e. The Bertz CT molecular complexity index is 857. The summed E-state index contributed by atoms with van der Waals surface area (Å²) in [5, 5.41) is 22.5. The summed E-state index contributed by atoms with van der Waals surface area (Å²) in [6.07, 6.45) is 0.844. The number of aliphatic hydroxyl groups excluding tert-OH is 1. The Morgan fingerprint density at radius 1 is 1.22 bits per heavy atom. The molecule has 1 unspecified atom stereocenters. The molecule has 6 atom stereocenters. The SMILES string of the molecule is C=C1C(=O)O[C@@H]2[C@H]1CC[C@H](C)[C@]1(O)C=C(C(O)c3ccccc3)C(=O)[C@@]21C. The lowest BCUT2D eigenvalue weighted by atomic mass is 9.64. The fourth-order valence-corrected chi connectivity index (χ4v) is 5.07. The van der Waals surface area contributed by atoms with E-state index in [9.17, 15) is 19.8 Å². The number of fused-ring (bicyclic) bond motifs is 3. The third-order valence-electron chi connectivity index (χ3n) is 6.89. The second-order valence-electron chi connectivity index (χ2n) is 8.21. The van der Waals surface area contributed by atoms with Crippen LogP contribution in [0.2, 0.25) is 0 Å². The van der Waals surface area contributed by atoms with E-state index in [1.54, 1.807) is 31.2 Å². The average molecular weight is 368 g/mol. The van der Waals surface area contributed by atoms with E-state index in [-0.39, 0.29) is 23.2 Å². The summed E-state index contributed by atoms with van der Waals surface area (Å²) in [5.41, 5.74) is -1.75. The highest BCUT2D eigenvalue weighted by Gasteiger charge is 2.68. The van der Waals surface area contributed by atoms with Crippen molar-refractivity contribution in [2.45, 2.75) is 44.5 Å². The molecule has 0 amide bonds. The first-order valence-corrected chi connectivity index (χ1v) is 9.34. The molecule has 5 nitrogen and oxygen atoms in total. The Hall–Kier alpha value is -2.24. The van der Waals surface area contributed by atoms with Crippen molar-refractivity contribution in [3.05, 3.63) is 59.7 Å². The Morgan fingerprint density at radius 3 is 2.56 bits per heavy atom. The van der Waals surface area contributed by atoms with Gasteiger partial charge in [-0.05, 0) is 37.3 Å². The van der Waals surface area contributed by atoms with Crippen molar-refractivity contribution >= 4 is 11.8 Å². The van der Waals surface area contributed by atoms with Gasteiger partial charge in [0, 0.05) is 17.1 Å². The van der Waals surface area contributed by atoms with Gasteiger partial charge < -0.3 is 14.9 Å². The summed E-state index contributed by atoms with van der Waals surface area (Å²) in [7, 11) is 0. The fraction of sp³-hybridized carbons (Fsp3) is 0.455. The van der Waals surface area contributed by atoms with Gasteiger partial charge in [-0.3, -0.25) is 4.79 Å². The molecule has 2 aliphatic carbocycles. The summed E-state index contributed by atoms with van der Waals surface area (Å²) >= 11 is 0. The van der Waals surface area contributed by atoms with Crippen LogP contribution in [0.25, 0.3) is 0 Å². The highest BCUT2D eigenvalue weighted by molar-refractivity contribution is 6.06. The predicted octanol–water partition coefficient (Wildman–Crippen LogP) is 2.49. The lowest BCUT2D eigenvalue weighted by molar-refractivity contribution is -0.166. The first-order chi connectivity index (χ1) is 12.7. The van der Waals surface area contributed by atoms with E-state index in [0.29, 0.717) is 24.0 Å². The van der Waals surface area contributed by atoms with Crippen molar-refractivity contribution in [2.75, 3.05) is 0 Å². The highest BCUT2D eigenvalue weighted by atomic mass is 16.6. The third-order valence-corrected chi connectivity index (χ3v) is 6.89. The lowest BCUT2D eigenvalue weighted by Gasteiger charge is -2.43. The van der Waals surface area contributed by atoms with Crippen LogP contribution in [0.5, 0.6) is 0 Å². The molecule has 0 spiro atoms. The summed E-state index contributed by atoms with van der Waals surface area (Å²) in [5.74, 6) is -1.41. The molecule has 2 fully saturated rings. The van der Waals surface area contributed by atoms with E-state index >= 15 is 0 Å². The first-order valence-electron chi connectivity index (χ1n) is 9.34. The Labute approximate surface area is 158 Å². The van der Waals surface area contributed by atoms with E-state index < -0.39 is 29.2 Å². The Kier molecular flexibility index (Phi) is 3.95. The minimum absolute atomic E-state index is 0.160.